The van der Waals surface area contributed by atoms with Gasteiger partial charge in [0.2, 0.25) is 5.95 Å². The van der Waals surface area contributed by atoms with Gasteiger partial charge >= 0.3 is 0 Å². The number of thioether (sulfide) groups is 1. The number of anilines is 1. The highest BCUT2D eigenvalue weighted by molar-refractivity contribution is 7.98. The van der Waals surface area contributed by atoms with Crippen molar-refractivity contribution in [1.29, 1.82) is 0 Å². The third-order valence-electron chi connectivity index (χ3n) is 3.94. The minimum absolute atomic E-state index is 0.161. The van der Waals surface area contributed by atoms with E-state index in [-0.39, 0.29) is 12.1 Å². The van der Waals surface area contributed by atoms with Crippen LogP contribution in [0, 0.1) is 0 Å². The lowest BCUT2D eigenvalue weighted by atomic mass is 9.97. The summed E-state index contributed by atoms with van der Waals surface area (Å²) in [4.78, 5) is 2.59. The number of benzene rings is 1. The molecule has 0 saturated heterocycles. The van der Waals surface area contributed by atoms with Crippen LogP contribution < -0.4 is 5.32 Å². The molecule has 1 N–H and O–H groups in total. The zero-order valence-electron chi connectivity index (χ0n) is 12.0. The zero-order valence-corrected chi connectivity index (χ0v) is 13.6. The average Bonchev–Trinajstić information content (AvgIpc) is 3.25. The van der Waals surface area contributed by atoms with Gasteiger partial charge in [0.1, 0.15) is 0 Å². The first-order valence-corrected chi connectivity index (χ1v) is 9.17. The van der Waals surface area contributed by atoms with Gasteiger partial charge in [-0.25, -0.2) is 4.68 Å². The summed E-state index contributed by atoms with van der Waals surface area (Å²) in [5, 5.41) is 17.7. The molecule has 0 fully saturated rings. The second-order valence-corrected chi connectivity index (χ2v) is 7.04. The Labute approximate surface area is 136 Å². The summed E-state index contributed by atoms with van der Waals surface area (Å²) in [7, 11) is 0. The molecule has 7 heteroatoms. The summed E-state index contributed by atoms with van der Waals surface area (Å²) in [5.41, 5.74) is 1.24. The van der Waals surface area contributed by atoms with Crippen LogP contribution in [0.5, 0.6) is 0 Å². The Morgan fingerprint density at radius 2 is 2.14 bits per heavy atom. The number of thiophene rings is 1. The van der Waals surface area contributed by atoms with Crippen LogP contribution in [0.3, 0.4) is 0 Å². The van der Waals surface area contributed by atoms with Crippen LogP contribution in [0.25, 0.3) is 0 Å². The predicted octanol–water partition coefficient (Wildman–Crippen LogP) is 3.60. The summed E-state index contributed by atoms with van der Waals surface area (Å²) in [5.74, 6) is 0.739. The summed E-state index contributed by atoms with van der Waals surface area (Å²) < 4.78 is 1.89. The van der Waals surface area contributed by atoms with Crippen LogP contribution in [0.1, 0.15) is 28.9 Å². The van der Waals surface area contributed by atoms with Crippen LogP contribution in [-0.4, -0.2) is 26.5 Å². The van der Waals surface area contributed by atoms with Crippen LogP contribution in [0.15, 0.2) is 46.7 Å². The Kier molecular flexibility index (Phi) is 3.59. The highest BCUT2D eigenvalue weighted by Gasteiger charge is 2.30. The van der Waals surface area contributed by atoms with Crippen molar-refractivity contribution < 1.29 is 0 Å². The van der Waals surface area contributed by atoms with Gasteiger partial charge in [0.15, 0.2) is 0 Å². The SMILES string of the molecule is CSc1ccc(C2CC(c3cccs3)Nc3nnnn32)cc1. The molecular weight excluding hydrogens is 314 g/mol. The van der Waals surface area contributed by atoms with Crippen molar-refractivity contribution in [3.05, 3.63) is 52.2 Å². The molecule has 0 aliphatic carbocycles. The largest absolute Gasteiger partial charge is 0.345 e. The van der Waals surface area contributed by atoms with E-state index in [1.807, 2.05) is 4.68 Å². The lowest BCUT2D eigenvalue weighted by Crippen LogP contribution is -2.27. The molecule has 2 atom stereocenters. The first kappa shape index (κ1) is 13.8. The van der Waals surface area contributed by atoms with E-state index in [2.05, 4.69) is 68.9 Å². The first-order chi connectivity index (χ1) is 10.8. The number of aromatic nitrogens is 4. The lowest BCUT2D eigenvalue weighted by molar-refractivity contribution is 0.426. The fourth-order valence-corrected chi connectivity index (χ4v) is 4.02. The lowest BCUT2D eigenvalue weighted by Gasteiger charge is -2.30. The Morgan fingerprint density at radius 3 is 2.86 bits per heavy atom. The standard InChI is InChI=1S/C15H15N5S2/c1-21-11-6-4-10(5-7-11)13-9-12(14-3-2-8-22-14)16-15-17-18-19-20(13)15/h2-8,12-13H,9H2,1H3,(H,16,17,19). The van der Waals surface area contributed by atoms with Gasteiger partial charge in [-0.3, -0.25) is 0 Å². The van der Waals surface area contributed by atoms with Crippen molar-refractivity contribution in [1.82, 2.24) is 20.2 Å². The molecule has 3 heterocycles. The molecule has 0 saturated carbocycles. The number of nitrogens with one attached hydrogen (secondary N) is 1. The van der Waals surface area contributed by atoms with Crippen molar-refractivity contribution in [2.75, 3.05) is 11.6 Å². The van der Waals surface area contributed by atoms with E-state index in [4.69, 9.17) is 0 Å². The minimum atomic E-state index is 0.161. The zero-order chi connectivity index (χ0) is 14.9. The molecule has 2 unspecified atom stereocenters. The number of tetrazole rings is 1. The third kappa shape index (κ3) is 2.40. The van der Waals surface area contributed by atoms with E-state index in [0.717, 1.165) is 12.4 Å². The van der Waals surface area contributed by atoms with E-state index in [1.165, 1.54) is 15.3 Å². The van der Waals surface area contributed by atoms with Gasteiger partial charge in [-0.1, -0.05) is 23.3 Å². The molecule has 0 amide bonds. The van der Waals surface area contributed by atoms with E-state index in [1.54, 1.807) is 23.1 Å². The minimum Gasteiger partial charge on any atom is -0.345 e. The molecule has 0 radical (unpaired) electrons. The van der Waals surface area contributed by atoms with E-state index in [0.29, 0.717) is 0 Å². The third-order valence-corrected chi connectivity index (χ3v) is 5.67. The van der Waals surface area contributed by atoms with Gasteiger partial charge in [-0.05, 0) is 52.2 Å². The van der Waals surface area contributed by atoms with Crippen molar-refractivity contribution >= 4 is 29.0 Å². The molecule has 2 aromatic heterocycles. The molecule has 0 bridgehead atoms. The van der Waals surface area contributed by atoms with Crippen LogP contribution >= 0.6 is 23.1 Å². The molecule has 22 heavy (non-hydrogen) atoms. The Hall–Kier alpha value is -1.86. The molecular formula is C15H15N5S2. The molecule has 1 aliphatic rings. The van der Waals surface area contributed by atoms with Crippen molar-refractivity contribution in [2.45, 2.75) is 23.4 Å². The maximum absolute atomic E-state index is 4.16. The van der Waals surface area contributed by atoms with Gasteiger partial charge in [0.05, 0.1) is 12.1 Å². The molecule has 112 valence electrons. The van der Waals surface area contributed by atoms with Gasteiger partial charge in [0.25, 0.3) is 0 Å². The number of hydrogen-bond donors (Lipinski definition) is 1. The number of fused-ring (bicyclic) bond motifs is 1. The van der Waals surface area contributed by atoms with Crippen molar-refractivity contribution in [3.8, 4) is 0 Å². The van der Waals surface area contributed by atoms with Crippen molar-refractivity contribution in [2.24, 2.45) is 0 Å². The first-order valence-electron chi connectivity index (χ1n) is 7.07. The molecule has 1 aromatic carbocycles. The van der Waals surface area contributed by atoms with E-state index >= 15 is 0 Å². The van der Waals surface area contributed by atoms with Gasteiger partial charge in [0, 0.05) is 9.77 Å². The quantitative estimate of drug-likeness (QED) is 0.744. The monoisotopic (exact) mass is 329 g/mol. The molecule has 0 spiro atoms. The number of nitrogens with zero attached hydrogens (tertiary/aromatic N) is 4. The molecule has 4 rings (SSSR count). The maximum atomic E-state index is 4.16. The highest BCUT2D eigenvalue weighted by atomic mass is 32.2. The Morgan fingerprint density at radius 1 is 1.27 bits per heavy atom. The van der Waals surface area contributed by atoms with E-state index < -0.39 is 0 Å². The molecule has 5 nitrogen and oxygen atoms in total. The number of rotatable bonds is 3. The Balaban J connectivity index is 1.71. The van der Waals surface area contributed by atoms with Gasteiger partial charge < -0.3 is 5.32 Å². The molecule has 1 aliphatic heterocycles. The van der Waals surface area contributed by atoms with Gasteiger partial charge in [-0.15, -0.1) is 23.1 Å². The summed E-state index contributed by atoms with van der Waals surface area (Å²) >= 11 is 3.52. The highest BCUT2D eigenvalue weighted by Crippen LogP contribution is 2.38. The summed E-state index contributed by atoms with van der Waals surface area (Å²) in [6, 6.07) is 13.3. The fourth-order valence-electron chi connectivity index (χ4n) is 2.82. The summed E-state index contributed by atoms with van der Waals surface area (Å²) in [6.07, 6.45) is 3.03. The van der Waals surface area contributed by atoms with Crippen LogP contribution in [0.4, 0.5) is 5.95 Å². The second kappa shape index (κ2) is 5.73. The fraction of sp³-hybridized carbons (Fsp3) is 0.267. The predicted molar refractivity (Wildman–Crippen MR) is 89.5 cm³/mol. The normalized spacial score (nSPS) is 20.4. The molecule has 3 aromatic rings. The van der Waals surface area contributed by atoms with Crippen molar-refractivity contribution in [3.63, 3.8) is 0 Å². The maximum Gasteiger partial charge on any atom is 0.244 e. The van der Waals surface area contributed by atoms with E-state index in [9.17, 15) is 0 Å². The van der Waals surface area contributed by atoms with Crippen LogP contribution in [0.2, 0.25) is 0 Å². The summed E-state index contributed by atoms with van der Waals surface area (Å²) in [6.45, 7) is 0. The second-order valence-electron chi connectivity index (χ2n) is 5.18. The van der Waals surface area contributed by atoms with Crippen LogP contribution in [-0.2, 0) is 0 Å². The Bertz CT molecular complexity index is 751. The average molecular weight is 329 g/mol. The number of hydrogen-bond acceptors (Lipinski definition) is 6. The topological polar surface area (TPSA) is 55.6 Å². The smallest absolute Gasteiger partial charge is 0.244 e. The van der Waals surface area contributed by atoms with Gasteiger partial charge in [-0.2, -0.15) is 0 Å².